The molecule has 1 fully saturated rings. The monoisotopic (exact) mass is 263 g/mol. The largest absolute Gasteiger partial charge is 0.363 e. The van der Waals surface area contributed by atoms with E-state index in [2.05, 4.69) is 20.3 Å². The highest BCUT2D eigenvalue weighted by Gasteiger charge is 2.19. The fourth-order valence-corrected chi connectivity index (χ4v) is 3.00. The van der Waals surface area contributed by atoms with Crippen LogP contribution in [0.3, 0.4) is 0 Å². The molecule has 2 N–H and O–H groups in total. The van der Waals surface area contributed by atoms with Gasteiger partial charge in [0.2, 0.25) is 0 Å². The molecule has 96 valence electrons. The van der Waals surface area contributed by atoms with Gasteiger partial charge in [-0.2, -0.15) is 11.8 Å². The van der Waals surface area contributed by atoms with Gasteiger partial charge >= 0.3 is 0 Å². The van der Waals surface area contributed by atoms with Gasteiger partial charge in [-0.25, -0.2) is 9.97 Å². The third kappa shape index (κ3) is 2.18. The number of hydrogen-bond donors (Lipinski definition) is 2. The smallest absolute Gasteiger partial charge is 0.179 e. The number of nitrogens with one attached hydrogen (secondary N) is 2. The molecule has 1 atom stereocenters. The van der Waals surface area contributed by atoms with Crippen LogP contribution in [0.4, 0.5) is 5.82 Å². The van der Waals surface area contributed by atoms with Crippen LogP contribution in [0.5, 0.6) is 0 Å². The number of imidazole rings is 1. The molecule has 0 radical (unpaired) electrons. The van der Waals surface area contributed by atoms with E-state index in [4.69, 9.17) is 0 Å². The van der Waals surface area contributed by atoms with E-state index in [0.717, 1.165) is 35.1 Å². The summed E-state index contributed by atoms with van der Waals surface area (Å²) in [6.07, 6.45) is 0. The van der Waals surface area contributed by atoms with E-state index in [1.54, 1.807) is 0 Å². The first-order chi connectivity index (χ1) is 8.74. The summed E-state index contributed by atoms with van der Waals surface area (Å²) in [5, 5.41) is 3.48. The Labute approximate surface area is 110 Å². The molecule has 18 heavy (non-hydrogen) atoms. The van der Waals surface area contributed by atoms with Gasteiger partial charge in [0.05, 0.1) is 11.6 Å². The number of rotatable bonds is 2. The van der Waals surface area contributed by atoms with Crippen LogP contribution in [-0.4, -0.2) is 47.1 Å². The molecule has 1 unspecified atom stereocenters. The maximum Gasteiger partial charge on any atom is 0.179 e. The molecule has 0 spiro atoms. The third-order valence-corrected chi connectivity index (χ3v) is 4.12. The highest BCUT2D eigenvalue weighted by molar-refractivity contribution is 7.99. The Morgan fingerprint density at radius 2 is 2.22 bits per heavy atom. The minimum atomic E-state index is 0.320. The summed E-state index contributed by atoms with van der Waals surface area (Å²) in [5.74, 6) is 4.19. The standard InChI is InChI=1S/C12H17N5S/c1-17(2)10-4-3-8-11(15-10)16-12(14-8)9-7-18-6-5-13-9/h3-4,9,13H,5-7H2,1-2H3,(H,14,15,16). The van der Waals surface area contributed by atoms with Crippen LogP contribution in [0.25, 0.3) is 11.2 Å². The number of aromatic amines is 1. The number of H-pyrrole nitrogens is 1. The molecule has 2 aromatic heterocycles. The van der Waals surface area contributed by atoms with Gasteiger partial charge in [0.15, 0.2) is 5.65 Å². The molecule has 2 aromatic rings. The van der Waals surface area contributed by atoms with E-state index in [9.17, 15) is 0 Å². The summed E-state index contributed by atoms with van der Waals surface area (Å²) in [6, 6.07) is 4.37. The molecule has 0 amide bonds. The Bertz CT molecular complexity index is 544. The first kappa shape index (κ1) is 11.8. The molecular weight excluding hydrogens is 246 g/mol. The number of thioether (sulfide) groups is 1. The number of aromatic nitrogens is 3. The van der Waals surface area contributed by atoms with E-state index in [-0.39, 0.29) is 0 Å². The van der Waals surface area contributed by atoms with Crippen molar-refractivity contribution in [1.29, 1.82) is 0 Å². The Balaban J connectivity index is 1.94. The fourth-order valence-electron chi connectivity index (χ4n) is 2.06. The lowest BCUT2D eigenvalue weighted by atomic mass is 10.3. The maximum absolute atomic E-state index is 4.61. The normalized spacial score (nSPS) is 20.2. The predicted molar refractivity (Wildman–Crippen MR) is 76.3 cm³/mol. The zero-order chi connectivity index (χ0) is 12.5. The van der Waals surface area contributed by atoms with Crippen molar-refractivity contribution in [3.8, 4) is 0 Å². The summed E-state index contributed by atoms with van der Waals surface area (Å²) in [4.78, 5) is 14.5. The lowest BCUT2D eigenvalue weighted by molar-refractivity contribution is 0.570. The SMILES string of the molecule is CN(C)c1ccc2[nH]c(C3CSCCN3)nc2n1. The first-order valence-electron chi connectivity index (χ1n) is 6.09. The molecule has 1 aliphatic heterocycles. The molecule has 0 saturated carbocycles. The van der Waals surface area contributed by atoms with Gasteiger partial charge in [-0.1, -0.05) is 0 Å². The molecule has 3 heterocycles. The van der Waals surface area contributed by atoms with Crippen molar-refractivity contribution in [3.05, 3.63) is 18.0 Å². The Kier molecular flexibility index (Phi) is 3.13. The molecule has 6 heteroatoms. The van der Waals surface area contributed by atoms with Crippen molar-refractivity contribution in [1.82, 2.24) is 20.3 Å². The van der Waals surface area contributed by atoms with Crippen LogP contribution in [0.15, 0.2) is 12.1 Å². The Morgan fingerprint density at radius 3 is 2.94 bits per heavy atom. The lowest BCUT2D eigenvalue weighted by Gasteiger charge is -2.20. The summed E-state index contributed by atoms with van der Waals surface area (Å²) < 4.78 is 0. The second-order valence-corrected chi connectivity index (χ2v) is 5.79. The maximum atomic E-state index is 4.61. The van der Waals surface area contributed by atoms with Gasteiger partial charge in [0, 0.05) is 32.1 Å². The van der Waals surface area contributed by atoms with Gasteiger partial charge in [-0.05, 0) is 12.1 Å². The van der Waals surface area contributed by atoms with Crippen LogP contribution in [0.1, 0.15) is 11.9 Å². The second-order valence-electron chi connectivity index (χ2n) is 4.64. The number of anilines is 1. The Morgan fingerprint density at radius 1 is 1.33 bits per heavy atom. The topological polar surface area (TPSA) is 56.8 Å². The number of hydrogen-bond acceptors (Lipinski definition) is 5. The molecule has 5 nitrogen and oxygen atoms in total. The minimum absolute atomic E-state index is 0.320. The molecule has 0 aliphatic carbocycles. The van der Waals surface area contributed by atoms with Crippen LogP contribution >= 0.6 is 11.8 Å². The summed E-state index contributed by atoms with van der Waals surface area (Å²) in [7, 11) is 3.97. The van der Waals surface area contributed by atoms with Gasteiger partial charge < -0.3 is 15.2 Å². The van der Waals surface area contributed by atoms with Crippen molar-refractivity contribution < 1.29 is 0 Å². The molecule has 0 aromatic carbocycles. The van der Waals surface area contributed by atoms with Crippen LogP contribution < -0.4 is 10.2 Å². The molecule has 0 bridgehead atoms. The highest BCUT2D eigenvalue weighted by atomic mass is 32.2. The van der Waals surface area contributed by atoms with Crippen molar-refractivity contribution in [2.45, 2.75) is 6.04 Å². The molecular formula is C12H17N5S. The first-order valence-corrected chi connectivity index (χ1v) is 7.24. The fraction of sp³-hybridized carbons (Fsp3) is 0.500. The van der Waals surface area contributed by atoms with Gasteiger partial charge in [-0.3, -0.25) is 0 Å². The van der Waals surface area contributed by atoms with Crippen LogP contribution in [-0.2, 0) is 0 Å². The second kappa shape index (κ2) is 4.78. The lowest BCUT2D eigenvalue weighted by Crippen LogP contribution is -2.30. The van der Waals surface area contributed by atoms with Crippen LogP contribution in [0.2, 0.25) is 0 Å². The van der Waals surface area contributed by atoms with E-state index in [0.29, 0.717) is 6.04 Å². The van der Waals surface area contributed by atoms with E-state index >= 15 is 0 Å². The van der Waals surface area contributed by atoms with Crippen molar-refractivity contribution >= 4 is 28.7 Å². The zero-order valence-corrected chi connectivity index (χ0v) is 11.4. The molecule has 3 rings (SSSR count). The van der Waals surface area contributed by atoms with E-state index in [1.165, 1.54) is 5.75 Å². The average molecular weight is 263 g/mol. The number of nitrogens with zero attached hydrogens (tertiary/aromatic N) is 3. The van der Waals surface area contributed by atoms with Crippen molar-refractivity contribution in [3.63, 3.8) is 0 Å². The van der Waals surface area contributed by atoms with Crippen molar-refractivity contribution in [2.24, 2.45) is 0 Å². The summed E-state index contributed by atoms with van der Waals surface area (Å²) >= 11 is 1.96. The average Bonchev–Trinajstić information content (AvgIpc) is 2.82. The van der Waals surface area contributed by atoms with Gasteiger partial charge in [0.1, 0.15) is 11.6 Å². The Hall–Kier alpha value is -1.27. The number of pyridine rings is 1. The quantitative estimate of drug-likeness (QED) is 0.858. The molecule has 1 saturated heterocycles. The predicted octanol–water partition coefficient (Wildman–Crippen LogP) is 1.40. The summed E-state index contributed by atoms with van der Waals surface area (Å²) in [6.45, 7) is 1.04. The van der Waals surface area contributed by atoms with Gasteiger partial charge in [0.25, 0.3) is 0 Å². The van der Waals surface area contributed by atoms with Crippen molar-refractivity contribution in [2.75, 3.05) is 37.0 Å². The number of fused-ring (bicyclic) bond motifs is 1. The third-order valence-electron chi connectivity index (χ3n) is 3.06. The molecule has 1 aliphatic rings. The van der Waals surface area contributed by atoms with E-state index in [1.807, 2.05) is 42.9 Å². The van der Waals surface area contributed by atoms with Gasteiger partial charge in [-0.15, -0.1) is 0 Å². The van der Waals surface area contributed by atoms with E-state index < -0.39 is 0 Å². The summed E-state index contributed by atoms with van der Waals surface area (Å²) in [5.41, 5.74) is 1.81. The zero-order valence-electron chi connectivity index (χ0n) is 10.6. The minimum Gasteiger partial charge on any atom is -0.363 e. The van der Waals surface area contributed by atoms with Crippen LogP contribution in [0, 0.1) is 0 Å². The highest BCUT2D eigenvalue weighted by Crippen LogP contribution is 2.22.